The standard InChI is InChI=1S/C8H6N2O2S2/c1-12-8(11)7-2-5(10-14-7)6-3-13-4-9-6/h2-4H,1H3. The molecule has 0 N–H and O–H groups in total. The number of hydrogen-bond acceptors (Lipinski definition) is 6. The van der Waals surface area contributed by atoms with Crippen LogP contribution in [0.1, 0.15) is 9.67 Å². The number of methoxy groups -OCH3 is 1. The van der Waals surface area contributed by atoms with Crippen molar-refractivity contribution in [3.8, 4) is 11.4 Å². The number of ether oxygens (including phenoxy) is 1. The Balaban J connectivity index is 2.31. The first kappa shape index (κ1) is 9.29. The Labute approximate surface area is 88.4 Å². The fourth-order valence-corrected chi connectivity index (χ4v) is 2.14. The summed E-state index contributed by atoms with van der Waals surface area (Å²) < 4.78 is 8.69. The van der Waals surface area contributed by atoms with Gasteiger partial charge in [0.25, 0.3) is 0 Å². The molecule has 0 unspecified atom stereocenters. The van der Waals surface area contributed by atoms with Crippen molar-refractivity contribution in [1.29, 1.82) is 0 Å². The Morgan fingerprint density at radius 1 is 1.50 bits per heavy atom. The largest absolute Gasteiger partial charge is 0.465 e. The number of nitrogens with zero attached hydrogens (tertiary/aromatic N) is 2. The van der Waals surface area contributed by atoms with Gasteiger partial charge in [-0.15, -0.1) is 11.3 Å². The molecule has 0 aliphatic rings. The Hall–Kier alpha value is -1.27. The van der Waals surface area contributed by atoms with Crippen LogP contribution >= 0.6 is 22.9 Å². The number of hydrogen-bond donors (Lipinski definition) is 0. The molecule has 0 atom stereocenters. The van der Waals surface area contributed by atoms with E-state index in [1.807, 2.05) is 5.38 Å². The zero-order chi connectivity index (χ0) is 9.97. The molecule has 2 aromatic heterocycles. The molecule has 0 aromatic carbocycles. The summed E-state index contributed by atoms with van der Waals surface area (Å²) >= 11 is 2.62. The van der Waals surface area contributed by atoms with Crippen LogP contribution in [0.3, 0.4) is 0 Å². The molecule has 0 bridgehead atoms. The maximum atomic E-state index is 11.1. The van der Waals surface area contributed by atoms with Crippen molar-refractivity contribution in [2.45, 2.75) is 0 Å². The molecule has 0 spiro atoms. The summed E-state index contributed by atoms with van der Waals surface area (Å²) in [6, 6.07) is 1.69. The highest BCUT2D eigenvalue weighted by molar-refractivity contribution is 7.08. The van der Waals surface area contributed by atoms with Crippen LogP contribution in [-0.4, -0.2) is 22.4 Å². The van der Waals surface area contributed by atoms with E-state index in [1.54, 1.807) is 11.6 Å². The molecule has 72 valence electrons. The van der Waals surface area contributed by atoms with Gasteiger partial charge in [-0.2, -0.15) is 4.37 Å². The van der Waals surface area contributed by atoms with Gasteiger partial charge in [0, 0.05) is 5.38 Å². The van der Waals surface area contributed by atoms with E-state index in [9.17, 15) is 4.79 Å². The minimum Gasteiger partial charge on any atom is -0.465 e. The molecule has 0 saturated carbocycles. The smallest absolute Gasteiger partial charge is 0.349 e. The van der Waals surface area contributed by atoms with Crippen LogP contribution in [0.5, 0.6) is 0 Å². The van der Waals surface area contributed by atoms with Crippen molar-refractivity contribution in [1.82, 2.24) is 9.36 Å². The Morgan fingerprint density at radius 2 is 2.36 bits per heavy atom. The van der Waals surface area contributed by atoms with E-state index in [4.69, 9.17) is 0 Å². The zero-order valence-corrected chi connectivity index (χ0v) is 8.89. The Kier molecular flexibility index (Phi) is 2.55. The van der Waals surface area contributed by atoms with Gasteiger partial charge in [-0.3, -0.25) is 0 Å². The van der Waals surface area contributed by atoms with E-state index < -0.39 is 0 Å². The van der Waals surface area contributed by atoms with Crippen molar-refractivity contribution in [2.75, 3.05) is 7.11 Å². The van der Waals surface area contributed by atoms with Gasteiger partial charge < -0.3 is 4.74 Å². The highest BCUT2D eigenvalue weighted by Crippen LogP contribution is 2.21. The van der Waals surface area contributed by atoms with E-state index in [0.717, 1.165) is 22.9 Å². The van der Waals surface area contributed by atoms with Crippen LogP contribution in [0, 0.1) is 0 Å². The first-order valence-electron chi connectivity index (χ1n) is 3.75. The van der Waals surface area contributed by atoms with Crippen molar-refractivity contribution in [3.05, 3.63) is 21.8 Å². The Morgan fingerprint density at radius 3 is 3.00 bits per heavy atom. The van der Waals surface area contributed by atoms with Gasteiger partial charge >= 0.3 is 5.97 Å². The molecule has 0 radical (unpaired) electrons. The molecule has 0 saturated heterocycles. The van der Waals surface area contributed by atoms with Crippen LogP contribution < -0.4 is 0 Å². The van der Waals surface area contributed by atoms with Gasteiger partial charge in [-0.25, -0.2) is 9.78 Å². The molecule has 0 aliphatic carbocycles. The number of carbonyl (C=O) groups is 1. The SMILES string of the molecule is COC(=O)c1cc(-c2cscn2)ns1. The van der Waals surface area contributed by atoms with E-state index in [2.05, 4.69) is 14.1 Å². The van der Waals surface area contributed by atoms with Crippen molar-refractivity contribution in [2.24, 2.45) is 0 Å². The lowest BCUT2D eigenvalue weighted by atomic mass is 10.3. The van der Waals surface area contributed by atoms with Crippen LogP contribution in [-0.2, 0) is 4.74 Å². The van der Waals surface area contributed by atoms with Gasteiger partial charge in [-0.1, -0.05) is 0 Å². The first-order valence-corrected chi connectivity index (χ1v) is 5.46. The maximum absolute atomic E-state index is 11.1. The number of esters is 1. The summed E-state index contributed by atoms with van der Waals surface area (Å²) in [6.07, 6.45) is 0. The second-order valence-electron chi connectivity index (χ2n) is 2.44. The van der Waals surface area contributed by atoms with Crippen LogP contribution in [0.15, 0.2) is 17.0 Å². The highest BCUT2D eigenvalue weighted by Gasteiger charge is 2.12. The molecular weight excluding hydrogens is 220 g/mol. The molecule has 2 aromatic rings. The molecule has 0 amide bonds. The maximum Gasteiger partial charge on any atom is 0.349 e. The third-order valence-corrected chi connectivity index (χ3v) is 2.95. The Bertz CT molecular complexity index is 436. The fraction of sp³-hybridized carbons (Fsp3) is 0.125. The predicted molar refractivity (Wildman–Crippen MR) is 54.6 cm³/mol. The number of aromatic nitrogens is 2. The molecule has 2 rings (SSSR count). The second-order valence-corrected chi connectivity index (χ2v) is 3.97. The first-order chi connectivity index (χ1) is 6.81. The predicted octanol–water partition coefficient (Wildman–Crippen LogP) is 2.05. The minimum absolute atomic E-state index is 0.357. The summed E-state index contributed by atoms with van der Waals surface area (Å²) in [5.41, 5.74) is 3.24. The number of thiazole rings is 1. The molecule has 4 nitrogen and oxygen atoms in total. The molecule has 6 heteroatoms. The van der Waals surface area contributed by atoms with E-state index >= 15 is 0 Å². The lowest BCUT2D eigenvalue weighted by Gasteiger charge is -1.90. The monoisotopic (exact) mass is 226 g/mol. The zero-order valence-electron chi connectivity index (χ0n) is 7.26. The van der Waals surface area contributed by atoms with Gasteiger partial charge in [0.15, 0.2) is 0 Å². The summed E-state index contributed by atoms with van der Waals surface area (Å²) in [4.78, 5) is 15.7. The molecule has 0 fully saturated rings. The fourth-order valence-electron chi connectivity index (χ4n) is 0.932. The van der Waals surface area contributed by atoms with Gasteiger partial charge in [0.05, 0.1) is 12.6 Å². The van der Waals surface area contributed by atoms with E-state index in [-0.39, 0.29) is 5.97 Å². The average molecular weight is 226 g/mol. The molecular formula is C8H6N2O2S2. The summed E-state index contributed by atoms with van der Waals surface area (Å²) in [5, 5.41) is 1.89. The third kappa shape index (κ3) is 1.66. The summed E-state index contributed by atoms with van der Waals surface area (Å²) in [5.74, 6) is -0.357. The molecule has 2 heterocycles. The minimum atomic E-state index is -0.357. The quantitative estimate of drug-likeness (QED) is 0.735. The van der Waals surface area contributed by atoms with Crippen LogP contribution in [0.4, 0.5) is 0 Å². The highest BCUT2D eigenvalue weighted by atomic mass is 32.1. The van der Waals surface area contributed by atoms with Gasteiger partial charge in [-0.05, 0) is 17.6 Å². The van der Waals surface area contributed by atoms with E-state index in [0.29, 0.717) is 4.88 Å². The van der Waals surface area contributed by atoms with Crippen LogP contribution in [0.2, 0.25) is 0 Å². The summed E-state index contributed by atoms with van der Waals surface area (Å²) in [7, 11) is 1.35. The topological polar surface area (TPSA) is 52.1 Å². The number of carbonyl (C=O) groups excluding carboxylic acids is 1. The lowest BCUT2D eigenvalue weighted by molar-refractivity contribution is 0.0606. The van der Waals surface area contributed by atoms with Crippen molar-refractivity contribution in [3.63, 3.8) is 0 Å². The van der Waals surface area contributed by atoms with Gasteiger partial charge in [0.2, 0.25) is 0 Å². The average Bonchev–Trinajstić information content (AvgIpc) is 2.86. The number of rotatable bonds is 2. The summed E-state index contributed by atoms with van der Waals surface area (Å²) in [6.45, 7) is 0. The third-order valence-electron chi connectivity index (χ3n) is 1.59. The van der Waals surface area contributed by atoms with Gasteiger partial charge in [0.1, 0.15) is 16.3 Å². The van der Waals surface area contributed by atoms with Crippen LogP contribution in [0.25, 0.3) is 11.4 Å². The van der Waals surface area contributed by atoms with Crippen molar-refractivity contribution < 1.29 is 9.53 Å². The normalized spacial score (nSPS) is 10.1. The molecule has 14 heavy (non-hydrogen) atoms. The lowest BCUT2D eigenvalue weighted by Crippen LogP contribution is -1.96. The van der Waals surface area contributed by atoms with E-state index in [1.165, 1.54) is 18.4 Å². The second kappa shape index (κ2) is 3.85. The molecule has 0 aliphatic heterocycles. The van der Waals surface area contributed by atoms with Crippen molar-refractivity contribution >= 4 is 28.8 Å².